The lowest BCUT2D eigenvalue weighted by Crippen LogP contribution is -2.26. The van der Waals surface area contributed by atoms with Crippen molar-refractivity contribution in [2.45, 2.75) is 6.92 Å². The number of hydrogen-bond acceptors (Lipinski definition) is 6. The molecule has 0 aliphatic heterocycles. The Morgan fingerprint density at radius 2 is 2.19 bits per heavy atom. The van der Waals surface area contributed by atoms with E-state index in [0.717, 1.165) is 11.3 Å². The molecule has 0 bridgehead atoms. The smallest absolute Gasteiger partial charge is 0.377 e. The molecule has 2 amide bonds. The fourth-order valence-corrected chi connectivity index (χ4v) is 1.67. The van der Waals surface area contributed by atoms with Crippen molar-refractivity contribution in [2.24, 2.45) is 5.11 Å². The van der Waals surface area contributed by atoms with Crippen LogP contribution in [0.15, 0.2) is 35.6 Å². The zero-order valence-electron chi connectivity index (χ0n) is 11.5. The number of anilines is 1. The zero-order chi connectivity index (χ0) is 15.2. The van der Waals surface area contributed by atoms with E-state index < -0.39 is 6.03 Å². The van der Waals surface area contributed by atoms with E-state index in [0.29, 0.717) is 17.3 Å². The van der Waals surface area contributed by atoms with Gasteiger partial charge in [0.1, 0.15) is 5.75 Å². The van der Waals surface area contributed by atoms with E-state index in [9.17, 15) is 4.79 Å². The van der Waals surface area contributed by atoms with Gasteiger partial charge >= 0.3 is 6.03 Å². The summed E-state index contributed by atoms with van der Waals surface area (Å²) >= 11 is 0. The lowest BCUT2D eigenvalue weighted by atomic mass is 10.1. The first-order valence-corrected chi connectivity index (χ1v) is 6.05. The summed E-state index contributed by atoms with van der Waals surface area (Å²) in [4.78, 5) is 19.5. The van der Waals surface area contributed by atoms with Crippen LogP contribution in [0, 0.1) is 12.5 Å². The first kappa shape index (κ1) is 14.4. The van der Waals surface area contributed by atoms with Gasteiger partial charge in [0.25, 0.3) is 0 Å². The molecule has 0 radical (unpaired) electrons. The van der Waals surface area contributed by atoms with Crippen LogP contribution in [0.1, 0.15) is 5.69 Å². The first-order chi connectivity index (χ1) is 10.1. The molecule has 21 heavy (non-hydrogen) atoms. The average Bonchev–Trinajstić information content (AvgIpc) is 2.52. The van der Waals surface area contributed by atoms with Gasteiger partial charge in [0, 0.05) is 17.5 Å². The molecule has 1 aromatic carbocycles. The van der Waals surface area contributed by atoms with Gasteiger partial charge in [-0.15, -0.1) is 0 Å². The predicted molar refractivity (Wildman–Crippen MR) is 76.1 cm³/mol. The molecule has 0 fully saturated rings. The fourth-order valence-electron chi connectivity index (χ4n) is 1.67. The maximum absolute atomic E-state index is 10.9. The Kier molecular flexibility index (Phi) is 4.39. The Morgan fingerprint density at radius 1 is 1.38 bits per heavy atom. The summed E-state index contributed by atoms with van der Waals surface area (Å²) in [5.74, 6) is 1.09. The normalized spacial score (nSPS) is 9.81. The topological polar surface area (TPSA) is 112 Å². The quantitative estimate of drug-likeness (QED) is 0.590. The highest BCUT2D eigenvalue weighted by Gasteiger charge is 2.08. The summed E-state index contributed by atoms with van der Waals surface area (Å²) in [6.07, 6.45) is 1.69. The van der Waals surface area contributed by atoms with Crippen LogP contribution in [0.2, 0.25) is 0 Å². The molecule has 8 nitrogen and oxygen atoms in total. The van der Waals surface area contributed by atoms with Crippen LogP contribution in [0.4, 0.5) is 10.5 Å². The van der Waals surface area contributed by atoms with Crippen molar-refractivity contribution in [3.63, 3.8) is 0 Å². The molecule has 1 aromatic heterocycles. The van der Waals surface area contributed by atoms with Gasteiger partial charge in [0.2, 0.25) is 0 Å². The molecule has 1 heterocycles. The number of hydrogen-bond donors (Lipinski definition) is 3. The van der Waals surface area contributed by atoms with Gasteiger partial charge in [0.15, 0.2) is 5.82 Å². The van der Waals surface area contributed by atoms with Gasteiger partial charge in [0.05, 0.1) is 12.8 Å². The maximum atomic E-state index is 10.9. The summed E-state index contributed by atoms with van der Waals surface area (Å²) in [6.45, 7) is 1.89. The SMILES string of the molecule is COc1cc(-c2nccc(C)n2)ccc1NNC(=O)N=N. The van der Waals surface area contributed by atoms with Crippen molar-refractivity contribution >= 4 is 11.7 Å². The van der Waals surface area contributed by atoms with Crippen LogP contribution in [-0.2, 0) is 0 Å². The van der Waals surface area contributed by atoms with Crippen LogP contribution in [-0.4, -0.2) is 23.1 Å². The fraction of sp³-hybridized carbons (Fsp3) is 0.154. The number of aryl methyl sites for hydroxylation is 1. The van der Waals surface area contributed by atoms with Crippen molar-refractivity contribution in [3.05, 3.63) is 36.2 Å². The molecular formula is C13H14N6O2. The number of carbonyl (C=O) groups is 1. The van der Waals surface area contributed by atoms with E-state index in [1.165, 1.54) is 7.11 Å². The van der Waals surface area contributed by atoms with E-state index in [2.05, 4.69) is 25.9 Å². The first-order valence-electron chi connectivity index (χ1n) is 6.05. The van der Waals surface area contributed by atoms with Gasteiger partial charge in [-0.05, 0) is 31.2 Å². The molecule has 0 saturated carbocycles. The lowest BCUT2D eigenvalue weighted by molar-refractivity contribution is 0.249. The van der Waals surface area contributed by atoms with Crippen LogP contribution in [0.5, 0.6) is 5.75 Å². The summed E-state index contributed by atoms with van der Waals surface area (Å²) < 4.78 is 5.26. The number of rotatable bonds is 4. The highest BCUT2D eigenvalue weighted by Crippen LogP contribution is 2.28. The highest BCUT2D eigenvalue weighted by atomic mass is 16.5. The molecule has 3 N–H and O–H groups in total. The summed E-state index contributed by atoms with van der Waals surface area (Å²) in [7, 11) is 1.51. The molecular weight excluding hydrogens is 272 g/mol. The van der Waals surface area contributed by atoms with Crippen LogP contribution in [0.3, 0.4) is 0 Å². The van der Waals surface area contributed by atoms with Gasteiger partial charge in [-0.3, -0.25) is 5.43 Å². The van der Waals surface area contributed by atoms with Gasteiger partial charge in [-0.2, -0.15) is 5.53 Å². The molecule has 0 aliphatic carbocycles. The molecule has 0 aliphatic rings. The standard InChI is InChI=1S/C13H14N6O2/c1-8-5-6-15-12(16-8)9-3-4-10(11(7-9)21-2)18-19-13(20)17-14/h3-7,14,18H,1-2H3,(H,19,20). The Hall–Kier alpha value is -3.03. The molecule has 0 saturated heterocycles. The number of benzene rings is 1. The third-order valence-corrected chi connectivity index (χ3v) is 2.66. The number of aromatic nitrogens is 2. The molecule has 108 valence electrons. The Labute approximate surface area is 121 Å². The van der Waals surface area contributed by atoms with Crippen LogP contribution < -0.4 is 15.6 Å². The van der Waals surface area contributed by atoms with Crippen molar-refractivity contribution in [3.8, 4) is 17.1 Å². The summed E-state index contributed by atoms with van der Waals surface area (Å²) in [6, 6.07) is 6.27. The van der Waals surface area contributed by atoms with Crippen molar-refractivity contribution in [1.29, 1.82) is 5.53 Å². The van der Waals surface area contributed by atoms with Crippen LogP contribution >= 0.6 is 0 Å². The number of ether oxygens (including phenoxy) is 1. The van der Waals surface area contributed by atoms with Gasteiger partial charge in [-0.1, -0.05) is 5.11 Å². The van der Waals surface area contributed by atoms with E-state index >= 15 is 0 Å². The number of nitrogens with one attached hydrogen (secondary N) is 3. The van der Waals surface area contributed by atoms with Gasteiger partial charge in [-0.25, -0.2) is 20.2 Å². The van der Waals surface area contributed by atoms with Crippen molar-refractivity contribution in [1.82, 2.24) is 15.4 Å². The van der Waals surface area contributed by atoms with E-state index in [4.69, 9.17) is 10.3 Å². The molecule has 0 atom stereocenters. The van der Waals surface area contributed by atoms with Crippen LogP contribution in [0.25, 0.3) is 11.4 Å². The second-order valence-electron chi connectivity index (χ2n) is 4.10. The Balaban J connectivity index is 2.27. The summed E-state index contributed by atoms with van der Waals surface area (Å²) in [5, 5.41) is 2.71. The largest absolute Gasteiger partial charge is 0.494 e. The Bertz CT molecular complexity index is 673. The molecule has 0 spiro atoms. The monoisotopic (exact) mass is 286 g/mol. The lowest BCUT2D eigenvalue weighted by Gasteiger charge is -2.12. The van der Waals surface area contributed by atoms with Gasteiger partial charge < -0.3 is 4.74 Å². The zero-order valence-corrected chi connectivity index (χ0v) is 11.5. The number of methoxy groups -OCH3 is 1. The molecule has 2 aromatic rings. The maximum Gasteiger partial charge on any atom is 0.377 e. The van der Waals surface area contributed by atoms with E-state index in [1.807, 2.05) is 13.0 Å². The molecule has 8 heteroatoms. The minimum atomic E-state index is -0.803. The van der Waals surface area contributed by atoms with E-state index in [1.54, 1.807) is 24.4 Å². The summed E-state index contributed by atoms with van der Waals surface area (Å²) in [5.41, 5.74) is 13.6. The number of carbonyl (C=O) groups excluding carboxylic acids is 1. The predicted octanol–water partition coefficient (Wildman–Crippen LogP) is 2.53. The van der Waals surface area contributed by atoms with Crippen molar-refractivity contribution in [2.75, 3.05) is 12.5 Å². The highest BCUT2D eigenvalue weighted by molar-refractivity contribution is 5.76. The number of nitrogens with zero attached hydrogens (tertiary/aromatic N) is 3. The third kappa shape index (κ3) is 3.50. The average molecular weight is 286 g/mol. The second-order valence-corrected chi connectivity index (χ2v) is 4.10. The number of amides is 2. The third-order valence-electron chi connectivity index (χ3n) is 2.66. The van der Waals surface area contributed by atoms with Crippen molar-refractivity contribution < 1.29 is 9.53 Å². The minimum Gasteiger partial charge on any atom is -0.494 e. The minimum absolute atomic E-state index is 0.503. The molecule has 0 unspecified atom stereocenters. The Morgan fingerprint density at radius 3 is 2.86 bits per heavy atom. The second kappa shape index (κ2) is 6.42. The molecule has 2 rings (SSSR count). The van der Waals surface area contributed by atoms with E-state index in [-0.39, 0.29) is 0 Å². The number of urea groups is 1. The number of hydrazine groups is 1.